The number of carbonyl (C=O) groups excluding carboxylic acids is 1. The molecule has 4 rings (SSSR count). The van der Waals surface area contributed by atoms with Crippen molar-refractivity contribution in [3.8, 4) is 28.8 Å². The Morgan fingerprint density at radius 1 is 1.22 bits per heavy atom. The summed E-state index contributed by atoms with van der Waals surface area (Å²) in [5.41, 5.74) is 6.49. The molecule has 0 aliphatic carbocycles. The highest BCUT2D eigenvalue weighted by molar-refractivity contribution is 5.99. The Labute approximate surface area is 237 Å². The molecular weight excluding hydrogens is 525 g/mol. The van der Waals surface area contributed by atoms with Gasteiger partial charge in [0.2, 0.25) is 0 Å². The third-order valence-corrected chi connectivity index (χ3v) is 6.26. The summed E-state index contributed by atoms with van der Waals surface area (Å²) in [5.74, 6) is -0.0294. The quantitative estimate of drug-likeness (QED) is 0.190. The lowest BCUT2D eigenvalue weighted by Crippen LogP contribution is -2.36. The SMILES string of the molecule is CCOC(C)(C)C/C=C(\C#N)C(=O)N[C@H](C)Cn1nc(-c2ccc(Oc3ccccc3)cc2F)c2c(N)ncnc21. The van der Waals surface area contributed by atoms with Crippen LogP contribution in [0.25, 0.3) is 22.3 Å². The summed E-state index contributed by atoms with van der Waals surface area (Å²) in [7, 11) is 0. The first-order valence-electron chi connectivity index (χ1n) is 13.2. The molecule has 0 radical (unpaired) electrons. The minimum atomic E-state index is -0.562. The van der Waals surface area contributed by atoms with Crippen molar-refractivity contribution in [2.45, 2.75) is 52.3 Å². The molecule has 0 spiro atoms. The van der Waals surface area contributed by atoms with Crippen LogP contribution in [-0.4, -0.2) is 43.9 Å². The standard InChI is InChI=1S/C30H32FN7O3/c1-5-40-30(3,4)14-13-20(16-32)29(39)36-19(2)17-38-28-25(27(33)34-18-35-28)26(37-38)23-12-11-22(15-24(23)31)41-21-9-7-6-8-10-21/h6-13,15,18-19H,5,14,17H2,1-4H3,(H,36,39)(H2,33,34,35)/b20-13+/t19-/m1/s1. The van der Waals surface area contributed by atoms with E-state index < -0.39 is 23.4 Å². The molecule has 0 saturated carbocycles. The third-order valence-electron chi connectivity index (χ3n) is 6.26. The van der Waals surface area contributed by atoms with Gasteiger partial charge in [-0.1, -0.05) is 24.3 Å². The van der Waals surface area contributed by atoms with E-state index in [9.17, 15) is 10.1 Å². The lowest BCUT2D eigenvalue weighted by atomic mass is 10.0. The van der Waals surface area contributed by atoms with Gasteiger partial charge in [-0.05, 0) is 58.4 Å². The van der Waals surface area contributed by atoms with Crippen LogP contribution in [0.5, 0.6) is 11.5 Å². The molecule has 0 bridgehead atoms. The van der Waals surface area contributed by atoms with Crippen LogP contribution in [0, 0.1) is 17.1 Å². The minimum absolute atomic E-state index is 0.0120. The van der Waals surface area contributed by atoms with Crippen LogP contribution in [0.4, 0.5) is 10.2 Å². The van der Waals surface area contributed by atoms with Crippen molar-refractivity contribution >= 4 is 22.8 Å². The van der Waals surface area contributed by atoms with Crippen LogP contribution >= 0.6 is 0 Å². The average molecular weight is 558 g/mol. The zero-order chi connectivity index (χ0) is 29.6. The molecule has 1 atom stereocenters. The summed E-state index contributed by atoms with van der Waals surface area (Å²) in [6.45, 7) is 8.14. The number of rotatable bonds is 11. The number of nitrogen functional groups attached to an aromatic ring is 1. The number of amides is 1. The van der Waals surface area contributed by atoms with E-state index in [0.29, 0.717) is 35.6 Å². The van der Waals surface area contributed by atoms with Crippen LogP contribution in [-0.2, 0) is 16.1 Å². The fourth-order valence-electron chi connectivity index (χ4n) is 4.32. The summed E-state index contributed by atoms with van der Waals surface area (Å²) < 4.78 is 28.3. The Hall–Kier alpha value is -4.82. The summed E-state index contributed by atoms with van der Waals surface area (Å²) in [4.78, 5) is 21.2. The van der Waals surface area contributed by atoms with Crippen LogP contribution in [0.1, 0.15) is 34.1 Å². The van der Waals surface area contributed by atoms with Crippen molar-refractivity contribution in [2.24, 2.45) is 0 Å². The van der Waals surface area contributed by atoms with Crippen molar-refractivity contribution < 1.29 is 18.7 Å². The third kappa shape index (κ3) is 7.04. The Kier molecular flexibility index (Phi) is 8.94. The molecule has 4 aromatic rings. The van der Waals surface area contributed by atoms with Gasteiger partial charge in [0.1, 0.15) is 46.8 Å². The van der Waals surface area contributed by atoms with Crippen LogP contribution in [0.2, 0.25) is 0 Å². The lowest BCUT2D eigenvalue weighted by Gasteiger charge is -2.23. The van der Waals surface area contributed by atoms with E-state index in [1.54, 1.807) is 37.3 Å². The topological polar surface area (TPSA) is 141 Å². The number of benzene rings is 2. The lowest BCUT2D eigenvalue weighted by molar-refractivity contribution is -0.117. The number of nitrogens with two attached hydrogens (primary N) is 1. The van der Waals surface area contributed by atoms with E-state index in [1.165, 1.54) is 17.1 Å². The van der Waals surface area contributed by atoms with Crippen LogP contribution in [0.15, 0.2) is 66.5 Å². The van der Waals surface area contributed by atoms with Gasteiger partial charge in [-0.15, -0.1) is 0 Å². The van der Waals surface area contributed by atoms with Crippen LogP contribution in [0.3, 0.4) is 0 Å². The highest BCUT2D eigenvalue weighted by Gasteiger charge is 2.23. The molecule has 2 heterocycles. The smallest absolute Gasteiger partial charge is 0.261 e. The predicted octanol–water partition coefficient (Wildman–Crippen LogP) is 5.17. The monoisotopic (exact) mass is 557 g/mol. The summed E-state index contributed by atoms with van der Waals surface area (Å²) in [5, 5.41) is 17.4. The van der Waals surface area contributed by atoms with E-state index >= 15 is 4.39 Å². The molecule has 41 heavy (non-hydrogen) atoms. The van der Waals surface area contributed by atoms with Gasteiger partial charge in [0.05, 0.1) is 17.5 Å². The number of fused-ring (bicyclic) bond motifs is 1. The van der Waals surface area contributed by atoms with Crippen LogP contribution < -0.4 is 15.8 Å². The molecule has 0 unspecified atom stereocenters. The number of nitrogens with one attached hydrogen (secondary N) is 1. The normalized spacial score (nSPS) is 12.6. The Balaban J connectivity index is 1.57. The first-order valence-corrected chi connectivity index (χ1v) is 13.2. The number of anilines is 1. The van der Waals surface area contributed by atoms with Gasteiger partial charge in [0.15, 0.2) is 5.65 Å². The zero-order valence-corrected chi connectivity index (χ0v) is 23.4. The molecule has 3 N–H and O–H groups in total. The summed E-state index contributed by atoms with van der Waals surface area (Å²) in [6, 6.07) is 15.0. The number of para-hydroxylation sites is 1. The number of nitrogens with zero attached hydrogens (tertiary/aromatic N) is 5. The summed E-state index contributed by atoms with van der Waals surface area (Å²) >= 11 is 0. The zero-order valence-electron chi connectivity index (χ0n) is 23.4. The second-order valence-electron chi connectivity index (χ2n) is 10.0. The molecule has 2 aromatic carbocycles. The number of nitriles is 1. The maximum Gasteiger partial charge on any atom is 0.261 e. The molecule has 0 fully saturated rings. The average Bonchev–Trinajstić information content (AvgIpc) is 3.28. The highest BCUT2D eigenvalue weighted by Crippen LogP contribution is 2.34. The van der Waals surface area contributed by atoms with E-state index in [0.717, 1.165) is 0 Å². The molecular formula is C30H32FN7O3. The van der Waals surface area contributed by atoms with Gasteiger partial charge in [-0.3, -0.25) is 4.79 Å². The van der Waals surface area contributed by atoms with Gasteiger partial charge in [-0.25, -0.2) is 19.0 Å². The highest BCUT2D eigenvalue weighted by atomic mass is 19.1. The van der Waals surface area contributed by atoms with Crippen molar-refractivity contribution in [1.82, 2.24) is 25.1 Å². The molecule has 212 valence electrons. The van der Waals surface area contributed by atoms with Crippen molar-refractivity contribution in [2.75, 3.05) is 12.3 Å². The maximum absolute atomic E-state index is 15.4. The number of hydrogen-bond acceptors (Lipinski definition) is 8. The van der Waals surface area contributed by atoms with E-state index in [4.69, 9.17) is 15.2 Å². The van der Waals surface area contributed by atoms with Gasteiger partial charge in [0.25, 0.3) is 5.91 Å². The van der Waals surface area contributed by atoms with E-state index in [-0.39, 0.29) is 29.2 Å². The molecule has 2 aromatic heterocycles. The Morgan fingerprint density at radius 2 is 1.98 bits per heavy atom. The largest absolute Gasteiger partial charge is 0.457 e. The fraction of sp³-hybridized carbons (Fsp3) is 0.300. The van der Waals surface area contributed by atoms with E-state index in [2.05, 4.69) is 20.4 Å². The molecule has 11 heteroatoms. The first kappa shape index (κ1) is 29.2. The number of ether oxygens (including phenoxy) is 2. The molecule has 1 amide bonds. The second-order valence-corrected chi connectivity index (χ2v) is 10.0. The number of aromatic nitrogens is 4. The Bertz CT molecular complexity index is 1610. The maximum atomic E-state index is 15.4. The van der Waals surface area contributed by atoms with Crippen molar-refractivity contribution in [3.63, 3.8) is 0 Å². The summed E-state index contributed by atoms with van der Waals surface area (Å²) in [6.07, 6.45) is 3.27. The minimum Gasteiger partial charge on any atom is -0.457 e. The number of halogens is 1. The van der Waals surface area contributed by atoms with Gasteiger partial charge in [-0.2, -0.15) is 10.4 Å². The molecule has 0 aliphatic heterocycles. The molecule has 0 aliphatic rings. The number of carbonyl (C=O) groups is 1. The predicted molar refractivity (Wildman–Crippen MR) is 153 cm³/mol. The van der Waals surface area contributed by atoms with Gasteiger partial charge < -0.3 is 20.5 Å². The van der Waals surface area contributed by atoms with Gasteiger partial charge >= 0.3 is 0 Å². The van der Waals surface area contributed by atoms with E-state index in [1.807, 2.05) is 45.0 Å². The van der Waals surface area contributed by atoms with Crippen molar-refractivity contribution in [3.05, 3.63) is 72.3 Å². The Morgan fingerprint density at radius 3 is 2.66 bits per heavy atom. The first-order chi connectivity index (χ1) is 19.6. The fourth-order valence-corrected chi connectivity index (χ4v) is 4.32. The second kappa shape index (κ2) is 12.6. The van der Waals surface area contributed by atoms with Gasteiger partial charge in [0, 0.05) is 24.3 Å². The van der Waals surface area contributed by atoms with Crippen molar-refractivity contribution in [1.29, 1.82) is 5.26 Å². The molecule has 10 nitrogen and oxygen atoms in total. The molecule has 0 saturated heterocycles. The number of hydrogen-bond donors (Lipinski definition) is 2.